The van der Waals surface area contributed by atoms with Crippen LogP contribution in [0, 0.1) is 0 Å². The minimum Gasteiger partial charge on any atom is -0.423 e. The third-order valence-electron chi connectivity index (χ3n) is 4.31. The number of aryl methyl sites for hydroxylation is 2. The molecule has 26 heavy (non-hydrogen) atoms. The first-order valence-corrected chi connectivity index (χ1v) is 8.86. The van der Waals surface area contributed by atoms with Crippen molar-refractivity contribution in [3.8, 4) is 0 Å². The fraction of sp³-hybridized carbons (Fsp3) is 0.444. The van der Waals surface area contributed by atoms with Gasteiger partial charge >= 0.3 is 6.03 Å². The summed E-state index contributed by atoms with van der Waals surface area (Å²) in [4.78, 5) is 18.7. The van der Waals surface area contributed by atoms with Gasteiger partial charge in [0.1, 0.15) is 12.4 Å². The molecule has 3 rings (SSSR count). The maximum Gasteiger partial charge on any atom is 0.317 e. The molecular formula is C18H24N6O2. The molecule has 2 amide bonds. The second-order valence-corrected chi connectivity index (χ2v) is 6.01. The molecule has 8 nitrogen and oxygen atoms in total. The molecular weight excluding hydrogens is 332 g/mol. The molecule has 0 bridgehead atoms. The summed E-state index contributed by atoms with van der Waals surface area (Å²) in [7, 11) is 1.99. The zero-order valence-corrected chi connectivity index (χ0v) is 15.4. The van der Waals surface area contributed by atoms with Crippen molar-refractivity contribution in [1.29, 1.82) is 0 Å². The van der Waals surface area contributed by atoms with Crippen molar-refractivity contribution in [2.75, 3.05) is 13.1 Å². The number of carbonyl (C=O) groups excluding carboxylic acids is 1. The number of rotatable bonds is 7. The molecule has 0 saturated heterocycles. The lowest BCUT2D eigenvalue weighted by Gasteiger charge is -2.19. The Morgan fingerprint density at radius 1 is 1.23 bits per heavy atom. The summed E-state index contributed by atoms with van der Waals surface area (Å²) in [6.07, 6.45) is 1.35. The fourth-order valence-corrected chi connectivity index (χ4v) is 2.80. The minimum absolute atomic E-state index is 0.150. The van der Waals surface area contributed by atoms with Gasteiger partial charge in [-0.1, -0.05) is 19.1 Å². The van der Waals surface area contributed by atoms with E-state index in [2.05, 4.69) is 25.1 Å². The van der Waals surface area contributed by atoms with Gasteiger partial charge in [-0.3, -0.25) is 0 Å². The number of carbonyl (C=O) groups is 1. The maximum absolute atomic E-state index is 12.4. The van der Waals surface area contributed by atoms with E-state index in [1.807, 2.05) is 45.2 Å². The summed E-state index contributed by atoms with van der Waals surface area (Å²) in [5.74, 6) is 1.98. The average molecular weight is 356 g/mol. The Hall–Kier alpha value is -2.90. The quantitative estimate of drug-likeness (QED) is 0.702. The standard InChI is InChI=1S/C18H24N6O2/c1-4-16-21-22-17(26-16)12-24(5-2)18(25)19-11-10-15-20-13-8-6-7-9-14(13)23(15)3/h6-9H,4-5,10-12H2,1-3H3,(H,19,25). The Kier molecular flexibility index (Phi) is 5.50. The Balaban J connectivity index is 1.55. The molecule has 1 aromatic carbocycles. The van der Waals surface area contributed by atoms with Gasteiger partial charge in [0.25, 0.3) is 0 Å². The lowest BCUT2D eigenvalue weighted by molar-refractivity contribution is 0.192. The third-order valence-corrected chi connectivity index (χ3v) is 4.31. The third kappa shape index (κ3) is 3.84. The highest BCUT2D eigenvalue weighted by Crippen LogP contribution is 2.14. The molecule has 0 spiro atoms. The van der Waals surface area contributed by atoms with Crippen LogP contribution < -0.4 is 5.32 Å². The second kappa shape index (κ2) is 7.99. The molecule has 8 heteroatoms. The fourth-order valence-electron chi connectivity index (χ4n) is 2.80. The first kappa shape index (κ1) is 17.9. The highest BCUT2D eigenvalue weighted by Gasteiger charge is 2.16. The van der Waals surface area contributed by atoms with Crippen molar-refractivity contribution in [3.05, 3.63) is 41.9 Å². The van der Waals surface area contributed by atoms with Crippen LogP contribution in [0.3, 0.4) is 0 Å². The van der Waals surface area contributed by atoms with Crippen molar-refractivity contribution in [3.63, 3.8) is 0 Å². The minimum atomic E-state index is -0.150. The number of hydrogen-bond donors (Lipinski definition) is 1. The van der Waals surface area contributed by atoms with Crippen LogP contribution in [0.4, 0.5) is 4.79 Å². The monoisotopic (exact) mass is 356 g/mol. The topological polar surface area (TPSA) is 89.1 Å². The summed E-state index contributed by atoms with van der Waals surface area (Å²) in [6.45, 7) is 5.24. The lowest BCUT2D eigenvalue weighted by atomic mass is 10.3. The molecule has 2 heterocycles. The summed E-state index contributed by atoms with van der Waals surface area (Å²) >= 11 is 0. The van der Waals surface area contributed by atoms with E-state index in [9.17, 15) is 4.79 Å². The maximum atomic E-state index is 12.4. The molecule has 0 unspecified atom stereocenters. The van der Waals surface area contributed by atoms with E-state index in [1.165, 1.54) is 0 Å². The van der Waals surface area contributed by atoms with Gasteiger partial charge < -0.3 is 19.2 Å². The lowest BCUT2D eigenvalue weighted by Crippen LogP contribution is -2.40. The van der Waals surface area contributed by atoms with E-state index in [0.29, 0.717) is 44.3 Å². The molecule has 0 atom stereocenters. The number of imidazole rings is 1. The predicted molar refractivity (Wildman–Crippen MR) is 97.6 cm³/mol. The number of amides is 2. The number of nitrogens with zero attached hydrogens (tertiary/aromatic N) is 5. The van der Waals surface area contributed by atoms with Gasteiger partial charge in [-0.25, -0.2) is 9.78 Å². The van der Waals surface area contributed by atoms with Crippen molar-refractivity contribution in [1.82, 2.24) is 30.0 Å². The molecule has 0 aliphatic rings. The molecule has 138 valence electrons. The van der Waals surface area contributed by atoms with Gasteiger partial charge in [-0.05, 0) is 19.1 Å². The molecule has 1 N–H and O–H groups in total. The van der Waals surface area contributed by atoms with Gasteiger partial charge in [-0.2, -0.15) is 0 Å². The van der Waals surface area contributed by atoms with Crippen LogP contribution in [-0.2, 0) is 26.4 Å². The molecule has 0 aliphatic heterocycles. The van der Waals surface area contributed by atoms with Gasteiger partial charge in [0.15, 0.2) is 0 Å². The van der Waals surface area contributed by atoms with Crippen molar-refractivity contribution in [2.24, 2.45) is 7.05 Å². The number of fused-ring (bicyclic) bond motifs is 1. The van der Waals surface area contributed by atoms with Crippen LogP contribution in [0.5, 0.6) is 0 Å². The smallest absolute Gasteiger partial charge is 0.317 e. The number of aromatic nitrogens is 4. The van der Waals surface area contributed by atoms with Crippen molar-refractivity contribution >= 4 is 17.1 Å². The SMILES string of the molecule is CCc1nnc(CN(CC)C(=O)NCCc2nc3ccccc3n2C)o1. The zero-order valence-electron chi connectivity index (χ0n) is 15.4. The molecule has 0 aliphatic carbocycles. The number of benzene rings is 1. The van der Waals surface area contributed by atoms with E-state index < -0.39 is 0 Å². The number of urea groups is 1. The summed E-state index contributed by atoms with van der Waals surface area (Å²) < 4.78 is 7.54. The normalized spacial score (nSPS) is 11.0. The molecule has 2 aromatic heterocycles. The summed E-state index contributed by atoms with van der Waals surface area (Å²) in [5, 5.41) is 10.8. The van der Waals surface area contributed by atoms with E-state index >= 15 is 0 Å². The number of para-hydroxylation sites is 2. The van der Waals surface area contributed by atoms with E-state index in [1.54, 1.807) is 4.90 Å². The number of nitrogens with one attached hydrogen (secondary N) is 1. The molecule has 3 aromatic rings. The van der Waals surface area contributed by atoms with Gasteiger partial charge in [0.05, 0.1) is 11.0 Å². The van der Waals surface area contributed by atoms with E-state index in [0.717, 1.165) is 16.9 Å². The first-order chi connectivity index (χ1) is 12.6. The first-order valence-electron chi connectivity index (χ1n) is 8.86. The van der Waals surface area contributed by atoms with Crippen LogP contribution in [0.1, 0.15) is 31.5 Å². The Morgan fingerprint density at radius 2 is 2.00 bits per heavy atom. The van der Waals surface area contributed by atoms with Crippen LogP contribution >= 0.6 is 0 Å². The number of hydrogen-bond acceptors (Lipinski definition) is 5. The molecule has 0 fully saturated rings. The summed E-state index contributed by atoms with van der Waals surface area (Å²) in [5.41, 5.74) is 2.06. The Bertz CT molecular complexity index is 885. The van der Waals surface area contributed by atoms with Crippen LogP contribution in [0.25, 0.3) is 11.0 Å². The van der Waals surface area contributed by atoms with E-state index in [-0.39, 0.29) is 6.03 Å². The highest BCUT2D eigenvalue weighted by molar-refractivity contribution is 5.76. The van der Waals surface area contributed by atoms with Crippen LogP contribution in [0.15, 0.2) is 28.7 Å². The largest absolute Gasteiger partial charge is 0.423 e. The predicted octanol–water partition coefficient (Wildman–Crippen LogP) is 2.29. The molecule has 0 radical (unpaired) electrons. The van der Waals surface area contributed by atoms with Crippen molar-refractivity contribution < 1.29 is 9.21 Å². The van der Waals surface area contributed by atoms with Crippen LogP contribution in [-0.4, -0.2) is 43.8 Å². The Labute approximate surface area is 152 Å². The molecule has 0 saturated carbocycles. The average Bonchev–Trinajstić information content (AvgIpc) is 3.24. The second-order valence-electron chi connectivity index (χ2n) is 6.01. The van der Waals surface area contributed by atoms with Crippen LogP contribution in [0.2, 0.25) is 0 Å². The zero-order chi connectivity index (χ0) is 18.5. The van der Waals surface area contributed by atoms with Crippen molar-refractivity contribution in [2.45, 2.75) is 33.2 Å². The summed E-state index contributed by atoms with van der Waals surface area (Å²) in [6, 6.07) is 7.85. The van der Waals surface area contributed by atoms with E-state index in [4.69, 9.17) is 4.42 Å². The van der Waals surface area contributed by atoms with Gasteiger partial charge in [-0.15, -0.1) is 10.2 Å². The van der Waals surface area contributed by atoms with Gasteiger partial charge in [0, 0.05) is 33.0 Å². The highest BCUT2D eigenvalue weighted by atomic mass is 16.4. The Morgan fingerprint density at radius 3 is 2.69 bits per heavy atom. The van der Waals surface area contributed by atoms with Gasteiger partial charge in [0.2, 0.25) is 11.8 Å².